The van der Waals surface area contributed by atoms with E-state index in [1.54, 1.807) is 22.9 Å². The van der Waals surface area contributed by atoms with Gasteiger partial charge in [0.2, 0.25) is 0 Å². The van der Waals surface area contributed by atoms with Gasteiger partial charge in [-0.25, -0.2) is 18.7 Å². The van der Waals surface area contributed by atoms with E-state index in [0.717, 1.165) is 6.07 Å². The lowest BCUT2D eigenvalue weighted by Gasteiger charge is -2.07. The molecule has 2 aromatic heterocycles. The van der Waals surface area contributed by atoms with Crippen molar-refractivity contribution in [1.82, 2.24) is 14.5 Å². The zero-order valence-electron chi connectivity index (χ0n) is 10.8. The molecule has 20 heavy (non-hydrogen) atoms. The fraction of sp³-hybridized carbons (Fsp3) is 0.143. The summed E-state index contributed by atoms with van der Waals surface area (Å²) in [5.41, 5.74) is 6.90. The molecule has 0 aliphatic rings. The molecule has 4 nitrogen and oxygen atoms in total. The Labute approximate surface area is 113 Å². The van der Waals surface area contributed by atoms with Crippen LogP contribution in [-0.2, 0) is 6.54 Å². The SMILES string of the molecule is CCn1c(-c2cc(N)c(F)cc2F)nc2cccnc21. The monoisotopic (exact) mass is 274 g/mol. The van der Waals surface area contributed by atoms with Crippen LogP contribution < -0.4 is 5.73 Å². The van der Waals surface area contributed by atoms with E-state index in [1.807, 2.05) is 6.92 Å². The maximum absolute atomic E-state index is 14.0. The summed E-state index contributed by atoms with van der Waals surface area (Å²) in [5, 5.41) is 0. The van der Waals surface area contributed by atoms with Gasteiger partial charge in [-0.1, -0.05) is 0 Å². The van der Waals surface area contributed by atoms with E-state index in [9.17, 15) is 8.78 Å². The number of hydrogen-bond donors (Lipinski definition) is 1. The van der Waals surface area contributed by atoms with Crippen molar-refractivity contribution in [3.63, 3.8) is 0 Å². The molecule has 2 heterocycles. The maximum Gasteiger partial charge on any atom is 0.160 e. The molecule has 3 rings (SSSR count). The van der Waals surface area contributed by atoms with Crippen molar-refractivity contribution in [2.45, 2.75) is 13.5 Å². The number of benzene rings is 1. The smallest absolute Gasteiger partial charge is 0.160 e. The van der Waals surface area contributed by atoms with Crippen LogP contribution in [0.2, 0.25) is 0 Å². The highest BCUT2D eigenvalue weighted by Gasteiger charge is 2.17. The summed E-state index contributed by atoms with van der Waals surface area (Å²) < 4.78 is 29.0. The van der Waals surface area contributed by atoms with Crippen LogP contribution >= 0.6 is 0 Å². The van der Waals surface area contributed by atoms with E-state index in [4.69, 9.17) is 5.73 Å². The van der Waals surface area contributed by atoms with Crippen LogP contribution in [0.15, 0.2) is 30.5 Å². The first-order chi connectivity index (χ1) is 9.61. The van der Waals surface area contributed by atoms with Gasteiger partial charge in [-0.05, 0) is 25.1 Å². The minimum Gasteiger partial charge on any atom is -0.396 e. The molecule has 0 saturated carbocycles. The zero-order valence-corrected chi connectivity index (χ0v) is 10.8. The van der Waals surface area contributed by atoms with Crippen molar-refractivity contribution >= 4 is 16.9 Å². The number of aromatic nitrogens is 3. The molecule has 102 valence electrons. The van der Waals surface area contributed by atoms with Crippen LogP contribution in [0.25, 0.3) is 22.6 Å². The fourth-order valence-corrected chi connectivity index (χ4v) is 2.20. The first kappa shape index (κ1) is 12.5. The molecule has 0 amide bonds. The number of imidazole rings is 1. The second-order valence-corrected chi connectivity index (χ2v) is 4.38. The molecule has 2 N–H and O–H groups in total. The van der Waals surface area contributed by atoms with Crippen molar-refractivity contribution < 1.29 is 8.78 Å². The number of halogens is 2. The molecule has 0 unspecified atom stereocenters. The van der Waals surface area contributed by atoms with E-state index in [-0.39, 0.29) is 11.3 Å². The molecule has 0 saturated heterocycles. The quantitative estimate of drug-likeness (QED) is 0.731. The summed E-state index contributed by atoms with van der Waals surface area (Å²) >= 11 is 0. The van der Waals surface area contributed by atoms with Gasteiger partial charge in [0.1, 0.15) is 23.0 Å². The summed E-state index contributed by atoms with van der Waals surface area (Å²) in [6, 6.07) is 5.59. The van der Waals surface area contributed by atoms with Crippen LogP contribution in [-0.4, -0.2) is 14.5 Å². The van der Waals surface area contributed by atoms with Crippen LogP contribution in [0.4, 0.5) is 14.5 Å². The van der Waals surface area contributed by atoms with Crippen molar-refractivity contribution in [1.29, 1.82) is 0 Å². The van der Waals surface area contributed by atoms with Gasteiger partial charge in [0.25, 0.3) is 0 Å². The molecule has 0 aliphatic heterocycles. The minimum absolute atomic E-state index is 0.107. The molecule has 0 radical (unpaired) electrons. The van der Waals surface area contributed by atoms with Crippen molar-refractivity contribution in [3.05, 3.63) is 42.1 Å². The number of fused-ring (bicyclic) bond motifs is 1. The molecule has 0 atom stereocenters. The summed E-state index contributed by atoms with van der Waals surface area (Å²) in [6.45, 7) is 2.48. The maximum atomic E-state index is 14.0. The Hall–Kier alpha value is -2.50. The summed E-state index contributed by atoms with van der Waals surface area (Å²) in [4.78, 5) is 8.61. The van der Waals surface area contributed by atoms with E-state index in [1.165, 1.54) is 6.07 Å². The molecule has 1 aromatic carbocycles. The Morgan fingerprint density at radius 2 is 2.05 bits per heavy atom. The van der Waals surface area contributed by atoms with Gasteiger partial charge in [0.05, 0.1) is 11.3 Å². The van der Waals surface area contributed by atoms with E-state index in [2.05, 4.69) is 9.97 Å². The van der Waals surface area contributed by atoms with Gasteiger partial charge in [-0.2, -0.15) is 0 Å². The molecule has 3 aromatic rings. The fourth-order valence-electron chi connectivity index (χ4n) is 2.20. The Bertz CT molecular complexity index is 795. The topological polar surface area (TPSA) is 56.7 Å². The summed E-state index contributed by atoms with van der Waals surface area (Å²) in [5.74, 6) is -1.07. The van der Waals surface area contributed by atoms with E-state index >= 15 is 0 Å². The molecular weight excluding hydrogens is 262 g/mol. The van der Waals surface area contributed by atoms with Gasteiger partial charge in [0.15, 0.2) is 5.65 Å². The van der Waals surface area contributed by atoms with E-state index in [0.29, 0.717) is 23.5 Å². The Morgan fingerprint density at radius 1 is 1.25 bits per heavy atom. The lowest BCUT2D eigenvalue weighted by molar-refractivity contribution is 0.587. The van der Waals surface area contributed by atoms with Crippen LogP contribution in [0.5, 0.6) is 0 Å². The first-order valence-electron chi connectivity index (χ1n) is 6.18. The third kappa shape index (κ3) is 1.80. The average Bonchev–Trinajstić information content (AvgIpc) is 2.81. The van der Waals surface area contributed by atoms with Crippen LogP contribution in [0, 0.1) is 11.6 Å². The largest absolute Gasteiger partial charge is 0.396 e. The Morgan fingerprint density at radius 3 is 2.80 bits per heavy atom. The predicted octanol–water partition coefficient (Wildman–Crippen LogP) is 2.98. The molecule has 0 spiro atoms. The predicted molar refractivity (Wildman–Crippen MR) is 73.0 cm³/mol. The molecule has 0 bridgehead atoms. The van der Waals surface area contributed by atoms with Gasteiger partial charge >= 0.3 is 0 Å². The van der Waals surface area contributed by atoms with Crippen molar-refractivity contribution in [3.8, 4) is 11.4 Å². The number of nitrogens with two attached hydrogens (primary N) is 1. The average molecular weight is 274 g/mol. The lowest BCUT2D eigenvalue weighted by Crippen LogP contribution is -2.02. The van der Waals surface area contributed by atoms with Gasteiger partial charge in [-0.15, -0.1) is 0 Å². The number of rotatable bonds is 2. The number of nitrogen functional groups attached to an aromatic ring is 1. The Kier molecular flexibility index (Phi) is 2.85. The van der Waals surface area contributed by atoms with Gasteiger partial charge in [-0.3, -0.25) is 0 Å². The van der Waals surface area contributed by atoms with Crippen molar-refractivity contribution in [2.24, 2.45) is 0 Å². The van der Waals surface area contributed by atoms with Crippen LogP contribution in [0.3, 0.4) is 0 Å². The number of aryl methyl sites for hydroxylation is 1. The third-order valence-corrected chi connectivity index (χ3v) is 3.15. The molecule has 0 aliphatic carbocycles. The summed E-state index contributed by atoms with van der Waals surface area (Å²) in [7, 11) is 0. The highest BCUT2D eigenvalue weighted by molar-refractivity contribution is 5.78. The lowest BCUT2D eigenvalue weighted by atomic mass is 10.1. The molecule has 0 fully saturated rings. The number of nitrogens with zero attached hydrogens (tertiary/aromatic N) is 3. The van der Waals surface area contributed by atoms with E-state index < -0.39 is 11.6 Å². The second kappa shape index (κ2) is 4.56. The molecular formula is C14H12F2N4. The number of anilines is 1. The number of pyridine rings is 1. The zero-order chi connectivity index (χ0) is 14.3. The van der Waals surface area contributed by atoms with Gasteiger partial charge in [0, 0.05) is 18.8 Å². The Balaban J connectivity index is 2.32. The highest BCUT2D eigenvalue weighted by atomic mass is 19.1. The number of hydrogen-bond acceptors (Lipinski definition) is 3. The summed E-state index contributed by atoms with van der Waals surface area (Å²) in [6.07, 6.45) is 1.65. The normalized spacial score (nSPS) is 11.2. The van der Waals surface area contributed by atoms with Crippen molar-refractivity contribution in [2.75, 3.05) is 5.73 Å². The van der Waals surface area contributed by atoms with Crippen LogP contribution in [0.1, 0.15) is 6.92 Å². The second-order valence-electron chi connectivity index (χ2n) is 4.38. The van der Waals surface area contributed by atoms with Gasteiger partial charge < -0.3 is 10.3 Å². The minimum atomic E-state index is -0.775. The third-order valence-electron chi connectivity index (χ3n) is 3.15. The first-order valence-corrected chi connectivity index (χ1v) is 6.18. The molecule has 6 heteroatoms. The highest BCUT2D eigenvalue weighted by Crippen LogP contribution is 2.28. The standard InChI is InChI=1S/C14H12F2N4/c1-2-20-13(19-12-4-3-5-18-14(12)20)8-6-11(17)10(16)7-9(8)15/h3-7H,2,17H2,1H3.